The minimum atomic E-state index is 0.554. The van der Waals surface area contributed by atoms with Crippen LogP contribution in [-0.2, 0) is 13.0 Å². The zero-order chi connectivity index (χ0) is 14.1. The second-order valence-corrected chi connectivity index (χ2v) is 6.35. The van der Waals surface area contributed by atoms with Crippen LogP contribution in [0, 0.1) is 0 Å². The fraction of sp³-hybridized carbons (Fsp3) is 0.294. The SMILES string of the molecule is CC1CCc2ccccc2N1Cc1cc(N)ccc1Br. The number of fused-ring (bicyclic) bond motifs is 1. The topological polar surface area (TPSA) is 29.3 Å². The third-order valence-electron chi connectivity index (χ3n) is 4.08. The van der Waals surface area contributed by atoms with Crippen LogP contribution in [0.1, 0.15) is 24.5 Å². The molecule has 1 unspecified atom stereocenters. The molecule has 0 radical (unpaired) electrons. The lowest BCUT2D eigenvalue weighted by molar-refractivity contribution is 0.560. The van der Waals surface area contributed by atoms with Gasteiger partial charge >= 0.3 is 0 Å². The summed E-state index contributed by atoms with van der Waals surface area (Å²) < 4.78 is 1.13. The Morgan fingerprint density at radius 3 is 2.90 bits per heavy atom. The third kappa shape index (κ3) is 2.55. The van der Waals surface area contributed by atoms with Crippen LogP contribution in [0.15, 0.2) is 46.9 Å². The van der Waals surface area contributed by atoms with E-state index in [1.54, 1.807) is 0 Å². The van der Waals surface area contributed by atoms with E-state index in [4.69, 9.17) is 5.73 Å². The molecule has 104 valence electrons. The number of nitrogens with zero attached hydrogens (tertiary/aromatic N) is 1. The van der Waals surface area contributed by atoms with E-state index in [0.717, 1.165) is 16.7 Å². The van der Waals surface area contributed by atoms with Gasteiger partial charge in [-0.05, 0) is 55.2 Å². The second-order valence-electron chi connectivity index (χ2n) is 5.50. The van der Waals surface area contributed by atoms with E-state index in [1.807, 2.05) is 12.1 Å². The summed E-state index contributed by atoms with van der Waals surface area (Å²) in [5.41, 5.74) is 10.8. The Labute approximate surface area is 128 Å². The summed E-state index contributed by atoms with van der Waals surface area (Å²) in [5, 5.41) is 0. The average Bonchev–Trinajstić information content (AvgIpc) is 2.46. The maximum absolute atomic E-state index is 5.92. The van der Waals surface area contributed by atoms with E-state index in [2.05, 4.69) is 58.1 Å². The van der Waals surface area contributed by atoms with Crippen molar-refractivity contribution in [2.75, 3.05) is 10.6 Å². The molecule has 1 aliphatic rings. The molecule has 2 N–H and O–H groups in total. The molecule has 0 fully saturated rings. The number of anilines is 2. The Hall–Kier alpha value is -1.48. The molecule has 0 bridgehead atoms. The van der Waals surface area contributed by atoms with Crippen LogP contribution in [-0.4, -0.2) is 6.04 Å². The van der Waals surface area contributed by atoms with Crippen LogP contribution < -0.4 is 10.6 Å². The molecule has 1 aliphatic heterocycles. The molecule has 0 aliphatic carbocycles. The van der Waals surface area contributed by atoms with Gasteiger partial charge in [0, 0.05) is 28.4 Å². The summed E-state index contributed by atoms with van der Waals surface area (Å²) in [6.07, 6.45) is 2.38. The van der Waals surface area contributed by atoms with Crippen LogP contribution in [0.2, 0.25) is 0 Å². The predicted octanol–water partition coefficient (Wildman–Crippen LogP) is 4.37. The maximum atomic E-state index is 5.92. The first-order valence-corrected chi connectivity index (χ1v) is 7.83. The molecule has 0 amide bonds. The van der Waals surface area contributed by atoms with Gasteiger partial charge < -0.3 is 10.6 Å². The van der Waals surface area contributed by atoms with Crippen molar-refractivity contribution in [1.29, 1.82) is 0 Å². The van der Waals surface area contributed by atoms with Crippen LogP contribution in [0.3, 0.4) is 0 Å². The first kappa shape index (κ1) is 13.5. The number of hydrogen-bond donors (Lipinski definition) is 1. The van der Waals surface area contributed by atoms with E-state index in [0.29, 0.717) is 6.04 Å². The Bertz CT molecular complexity index is 624. The summed E-state index contributed by atoms with van der Waals surface area (Å²) in [5.74, 6) is 0. The lowest BCUT2D eigenvalue weighted by Gasteiger charge is -2.37. The Morgan fingerprint density at radius 1 is 1.25 bits per heavy atom. The van der Waals surface area contributed by atoms with Crippen LogP contribution in [0.4, 0.5) is 11.4 Å². The fourth-order valence-electron chi connectivity index (χ4n) is 2.90. The Morgan fingerprint density at radius 2 is 2.05 bits per heavy atom. The summed E-state index contributed by atoms with van der Waals surface area (Å²) in [6, 6.07) is 15.3. The van der Waals surface area contributed by atoms with Crippen molar-refractivity contribution < 1.29 is 0 Å². The number of nitrogen functional groups attached to an aromatic ring is 1. The van der Waals surface area contributed by atoms with Crippen molar-refractivity contribution in [1.82, 2.24) is 0 Å². The zero-order valence-electron chi connectivity index (χ0n) is 11.6. The third-order valence-corrected chi connectivity index (χ3v) is 4.85. The van der Waals surface area contributed by atoms with Crippen LogP contribution in [0.5, 0.6) is 0 Å². The molecule has 3 rings (SSSR count). The summed E-state index contributed by atoms with van der Waals surface area (Å²) in [4.78, 5) is 2.48. The fourth-order valence-corrected chi connectivity index (χ4v) is 3.27. The molecule has 0 spiro atoms. The normalized spacial score (nSPS) is 17.9. The summed E-state index contributed by atoms with van der Waals surface area (Å²) >= 11 is 3.63. The van der Waals surface area contributed by atoms with Gasteiger partial charge in [0.1, 0.15) is 0 Å². The average molecular weight is 331 g/mol. The number of hydrogen-bond acceptors (Lipinski definition) is 2. The molecule has 1 atom stereocenters. The smallest absolute Gasteiger partial charge is 0.0444 e. The van der Waals surface area contributed by atoms with Gasteiger partial charge in [-0.1, -0.05) is 34.1 Å². The molecular formula is C17H19BrN2. The van der Waals surface area contributed by atoms with Gasteiger partial charge in [-0.2, -0.15) is 0 Å². The summed E-state index contributed by atoms with van der Waals surface area (Å²) in [6.45, 7) is 3.19. The van der Waals surface area contributed by atoms with Gasteiger partial charge in [0.05, 0.1) is 0 Å². The largest absolute Gasteiger partial charge is 0.399 e. The predicted molar refractivity (Wildman–Crippen MR) is 89.0 cm³/mol. The quantitative estimate of drug-likeness (QED) is 0.828. The standard InChI is InChI=1S/C17H19BrN2/c1-12-6-7-13-4-2-3-5-17(13)20(12)11-14-10-15(19)8-9-16(14)18/h2-5,8-10,12H,6-7,11,19H2,1H3. The molecule has 3 heteroatoms. The maximum Gasteiger partial charge on any atom is 0.0444 e. The highest BCUT2D eigenvalue weighted by atomic mass is 79.9. The molecule has 0 aromatic heterocycles. The summed E-state index contributed by atoms with van der Waals surface area (Å²) in [7, 11) is 0. The lowest BCUT2D eigenvalue weighted by atomic mass is 9.96. The number of para-hydroxylation sites is 1. The zero-order valence-corrected chi connectivity index (χ0v) is 13.2. The molecular weight excluding hydrogens is 312 g/mol. The number of halogens is 1. The molecule has 2 nitrogen and oxygen atoms in total. The number of nitrogens with two attached hydrogens (primary N) is 1. The number of aryl methyl sites for hydroxylation is 1. The van der Waals surface area contributed by atoms with Gasteiger partial charge in [0.15, 0.2) is 0 Å². The molecule has 20 heavy (non-hydrogen) atoms. The van der Waals surface area contributed by atoms with E-state index in [9.17, 15) is 0 Å². The van der Waals surface area contributed by atoms with E-state index in [1.165, 1.54) is 29.7 Å². The van der Waals surface area contributed by atoms with Crippen molar-refractivity contribution in [2.45, 2.75) is 32.4 Å². The minimum absolute atomic E-state index is 0.554. The molecule has 2 aromatic rings. The van der Waals surface area contributed by atoms with Gasteiger partial charge in [-0.3, -0.25) is 0 Å². The Balaban J connectivity index is 1.95. The van der Waals surface area contributed by atoms with E-state index < -0.39 is 0 Å². The first-order valence-electron chi connectivity index (χ1n) is 7.03. The highest BCUT2D eigenvalue weighted by molar-refractivity contribution is 9.10. The Kier molecular flexibility index (Phi) is 3.70. The van der Waals surface area contributed by atoms with E-state index >= 15 is 0 Å². The van der Waals surface area contributed by atoms with Crippen molar-refractivity contribution in [3.8, 4) is 0 Å². The molecule has 0 saturated heterocycles. The number of rotatable bonds is 2. The molecule has 1 heterocycles. The van der Waals surface area contributed by atoms with Crippen LogP contribution >= 0.6 is 15.9 Å². The molecule has 0 saturated carbocycles. The van der Waals surface area contributed by atoms with Crippen molar-refractivity contribution in [2.24, 2.45) is 0 Å². The van der Waals surface area contributed by atoms with Gasteiger partial charge in [-0.15, -0.1) is 0 Å². The van der Waals surface area contributed by atoms with E-state index in [-0.39, 0.29) is 0 Å². The van der Waals surface area contributed by atoms with Crippen molar-refractivity contribution >= 4 is 27.3 Å². The number of benzene rings is 2. The van der Waals surface area contributed by atoms with Gasteiger partial charge in [-0.25, -0.2) is 0 Å². The first-order chi connectivity index (χ1) is 9.65. The van der Waals surface area contributed by atoms with Crippen molar-refractivity contribution in [3.05, 3.63) is 58.1 Å². The van der Waals surface area contributed by atoms with Crippen molar-refractivity contribution in [3.63, 3.8) is 0 Å². The minimum Gasteiger partial charge on any atom is -0.399 e. The highest BCUT2D eigenvalue weighted by Gasteiger charge is 2.23. The lowest BCUT2D eigenvalue weighted by Crippen LogP contribution is -2.36. The van der Waals surface area contributed by atoms with Gasteiger partial charge in [0.25, 0.3) is 0 Å². The highest BCUT2D eigenvalue weighted by Crippen LogP contribution is 2.33. The monoisotopic (exact) mass is 330 g/mol. The molecule has 2 aromatic carbocycles. The van der Waals surface area contributed by atoms with Crippen LogP contribution in [0.25, 0.3) is 0 Å². The van der Waals surface area contributed by atoms with Gasteiger partial charge in [0.2, 0.25) is 0 Å². The second kappa shape index (κ2) is 5.49.